The molecule has 0 saturated heterocycles. The van der Waals surface area contributed by atoms with Gasteiger partial charge in [0, 0.05) is 5.38 Å². The number of aliphatic carboxylic acids is 1. The number of nitrogens with zero attached hydrogens (tertiary/aromatic N) is 1. The number of nitrogens with one attached hydrogen (secondary N) is 2. The second-order valence-corrected chi connectivity index (χ2v) is 5.90. The first kappa shape index (κ1) is 15.8. The number of carbonyl (C=O) groups is 2. The molecular weight excluding hydrogens is 286 g/mol. The number of hydrogen-bond acceptors (Lipinski definition) is 5. The lowest BCUT2D eigenvalue weighted by molar-refractivity contribution is -0.139. The normalized spacial score (nSPS) is 11.9. The molecule has 0 aliphatic rings. The standard InChI is InChI=1S/C11H17N3O3S2/c1-7-13-8(6-19-7)5-12-11(17)14-9(10(15)16)3-4-18-2/h6,9H,3-5H2,1-2H3,(H,15,16)(H2,12,14,17). The largest absolute Gasteiger partial charge is 0.480 e. The lowest BCUT2D eigenvalue weighted by atomic mass is 10.2. The quantitative estimate of drug-likeness (QED) is 0.709. The van der Waals surface area contributed by atoms with Gasteiger partial charge in [-0.2, -0.15) is 11.8 Å². The molecule has 106 valence electrons. The smallest absolute Gasteiger partial charge is 0.326 e. The summed E-state index contributed by atoms with van der Waals surface area (Å²) in [5.74, 6) is -0.337. The van der Waals surface area contributed by atoms with E-state index in [4.69, 9.17) is 5.11 Å². The molecule has 0 radical (unpaired) electrons. The average molecular weight is 303 g/mol. The molecule has 1 aromatic rings. The maximum Gasteiger partial charge on any atom is 0.326 e. The van der Waals surface area contributed by atoms with Crippen molar-refractivity contribution in [2.24, 2.45) is 0 Å². The third kappa shape index (κ3) is 5.93. The van der Waals surface area contributed by atoms with Gasteiger partial charge in [-0.05, 0) is 25.4 Å². The fourth-order valence-electron chi connectivity index (χ4n) is 1.36. The van der Waals surface area contributed by atoms with Gasteiger partial charge in [-0.3, -0.25) is 0 Å². The molecule has 0 fully saturated rings. The summed E-state index contributed by atoms with van der Waals surface area (Å²) in [6.07, 6.45) is 2.29. The van der Waals surface area contributed by atoms with Gasteiger partial charge in [0.25, 0.3) is 0 Å². The predicted octanol–water partition coefficient (Wildman–Crippen LogP) is 1.46. The third-order valence-electron chi connectivity index (χ3n) is 2.31. The number of amides is 2. The molecule has 1 heterocycles. The molecule has 0 spiro atoms. The number of urea groups is 1. The van der Waals surface area contributed by atoms with Crippen LogP contribution in [0.3, 0.4) is 0 Å². The van der Waals surface area contributed by atoms with Crippen molar-refractivity contribution in [2.75, 3.05) is 12.0 Å². The first-order valence-corrected chi connectivity index (χ1v) is 7.97. The van der Waals surface area contributed by atoms with Crippen molar-refractivity contribution in [3.05, 3.63) is 16.1 Å². The average Bonchev–Trinajstić information content (AvgIpc) is 2.77. The number of thioether (sulfide) groups is 1. The van der Waals surface area contributed by atoms with E-state index < -0.39 is 18.0 Å². The highest BCUT2D eigenvalue weighted by Gasteiger charge is 2.19. The Morgan fingerprint density at radius 2 is 2.32 bits per heavy atom. The van der Waals surface area contributed by atoms with Crippen molar-refractivity contribution in [2.45, 2.75) is 25.9 Å². The van der Waals surface area contributed by atoms with Crippen LogP contribution in [0.1, 0.15) is 17.1 Å². The van der Waals surface area contributed by atoms with Gasteiger partial charge >= 0.3 is 12.0 Å². The van der Waals surface area contributed by atoms with Crippen LogP contribution in [-0.2, 0) is 11.3 Å². The molecule has 8 heteroatoms. The number of hydrogen-bond donors (Lipinski definition) is 3. The molecule has 6 nitrogen and oxygen atoms in total. The molecule has 2 amide bonds. The van der Waals surface area contributed by atoms with Gasteiger partial charge in [0.1, 0.15) is 6.04 Å². The summed E-state index contributed by atoms with van der Waals surface area (Å²) in [5.41, 5.74) is 0.772. The van der Waals surface area contributed by atoms with Crippen LogP contribution in [0.25, 0.3) is 0 Å². The number of thiazole rings is 1. The van der Waals surface area contributed by atoms with Crippen molar-refractivity contribution in [1.82, 2.24) is 15.6 Å². The summed E-state index contributed by atoms with van der Waals surface area (Å²) >= 11 is 3.05. The van der Waals surface area contributed by atoms with Crippen LogP contribution in [0.5, 0.6) is 0 Å². The Kier molecular flexibility index (Phi) is 6.65. The van der Waals surface area contributed by atoms with E-state index in [1.54, 1.807) is 11.8 Å². The Bertz CT molecular complexity index is 437. The van der Waals surface area contributed by atoms with E-state index in [1.165, 1.54) is 11.3 Å². The number of carboxylic acid groups (broad SMARTS) is 1. The minimum absolute atomic E-state index is 0.297. The van der Waals surface area contributed by atoms with Crippen molar-refractivity contribution in [3.8, 4) is 0 Å². The maximum atomic E-state index is 11.6. The summed E-state index contributed by atoms with van der Waals surface area (Å²) < 4.78 is 0. The summed E-state index contributed by atoms with van der Waals surface area (Å²) in [6.45, 7) is 2.18. The highest BCUT2D eigenvalue weighted by molar-refractivity contribution is 7.98. The van der Waals surface area contributed by atoms with Crippen LogP contribution in [-0.4, -0.2) is 40.1 Å². The van der Waals surface area contributed by atoms with E-state index in [0.29, 0.717) is 18.7 Å². The first-order valence-electron chi connectivity index (χ1n) is 5.70. The molecule has 0 aromatic carbocycles. The van der Waals surface area contributed by atoms with Gasteiger partial charge in [-0.1, -0.05) is 0 Å². The summed E-state index contributed by atoms with van der Waals surface area (Å²) in [5, 5.41) is 16.8. The van der Waals surface area contributed by atoms with Crippen LogP contribution < -0.4 is 10.6 Å². The van der Waals surface area contributed by atoms with Crippen molar-refractivity contribution < 1.29 is 14.7 Å². The molecular formula is C11H17N3O3S2. The minimum atomic E-state index is -1.02. The van der Waals surface area contributed by atoms with Gasteiger partial charge in [0.15, 0.2) is 0 Å². The Balaban J connectivity index is 2.37. The van der Waals surface area contributed by atoms with E-state index in [0.717, 1.165) is 10.7 Å². The van der Waals surface area contributed by atoms with Gasteiger partial charge in [0.05, 0.1) is 17.2 Å². The lowest BCUT2D eigenvalue weighted by Gasteiger charge is -2.14. The van der Waals surface area contributed by atoms with Crippen LogP contribution in [0, 0.1) is 6.92 Å². The van der Waals surface area contributed by atoms with Crippen LogP contribution >= 0.6 is 23.1 Å². The predicted molar refractivity (Wildman–Crippen MR) is 76.6 cm³/mol. The fraction of sp³-hybridized carbons (Fsp3) is 0.545. The van der Waals surface area contributed by atoms with Crippen molar-refractivity contribution in [1.29, 1.82) is 0 Å². The van der Waals surface area contributed by atoms with Crippen LogP contribution in [0.2, 0.25) is 0 Å². The zero-order valence-electron chi connectivity index (χ0n) is 10.8. The first-order chi connectivity index (χ1) is 9.02. The zero-order chi connectivity index (χ0) is 14.3. The molecule has 1 unspecified atom stereocenters. The Hall–Kier alpha value is -1.28. The van der Waals surface area contributed by atoms with Crippen molar-refractivity contribution >= 4 is 35.1 Å². The molecule has 0 bridgehead atoms. The molecule has 1 aromatic heterocycles. The second-order valence-electron chi connectivity index (χ2n) is 3.86. The van der Waals surface area contributed by atoms with Gasteiger partial charge < -0.3 is 15.7 Å². The van der Waals surface area contributed by atoms with E-state index >= 15 is 0 Å². The lowest BCUT2D eigenvalue weighted by Crippen LogP contribution is -2.46. The number of rotatable bonds is 7. The maximum absolute atomic E-state index is 11.6. The molecule has 3 N–H and O–H groups in total. The zero-order valence-corrected chi connectivity index (χ0v) is 12.4. The minimum Gasteiger partial charge on any atom is -0.480 e. The van der Waals surface area contributed by atoms with Gasteiger partial charge in [-0.25, -0.2) is 14.6 Å². The number of carboxylic acids is 1. The van der Waals surface area contributed by atoms with Crippen molar-refractivity contribution in [3.63, 3.8) is 0 Å². The van der Waals surface area contributed by atoms with Gasteiger partial charge in [-0.15, -0.1) is 11.3 Å². The van der Waals surface area contributed by atoms with Crippen LogP contribution in [0.15, 0.2) is 5.38 Å². The Morgan fingerprint density at radius 3 is 2.84 bits per heavy atom. The Labute approximate surface area is 120 Å². The summed E-state index contributed by atoms with van der Waals surface area (Å²) in [7, 11) is 0. The third-order valence-corrected chi connectivity index (χ3v) is 3.78. The van der Waals surface area contributed by atoms with E-state index in [-0.39, 0.29) is 0 Å². The number of aromatic nitrogens is 1. The SMILES string of the molecule is CSCCC(NC(=O)NCc1csc(C)n1)C(=O)O. The molecule has 0 aliphatic heterocycles. The summed E-state index contributed by atoms with van der Waals surface area (Å²) in [4.78, 5) is 26.7. The monoisotopic (exact) mass is 303 g/mol. The summed E-state index contributed by atoms with van der Waals surface area (Å²) in [6, 6.07) is -1.34. The highest BCUT2D eigenvalue weighted by atomic mass is 32.2. The second kappa shape index (κ2) is 8.00. The number of carbonyl (C=O) groups excluding carboxylic acids is 1. The molecule has 0 aliphatic carbocycles. The topological polar surface area (TPSA) is 91.3 Å². The molecule has 1 atom stereocenters. The fourth-order valence-corrected chi connectivity index (χ4v) is 2.45. The highest BCUT2D eigenvalue weighted by Crippen LogP contribution is 2.07. The Morgan fingerprint density at radius 1 is 1.58 bits per heavy atom. The van der Waals surface area contributed by atoms with E-state index in [9.17, 15) is 9.59 Å². The van der Waals surface area contributed by atoms with E-state index in [1.807, 2.05) is 18.6 Å². The van der Waals surface area contributed by atoms with Crippen LogP contribution in [0.4, 0.5) is 4.79 Å². The molecule has 19 heavy (non-hydrogen) atoms. The van der Waals surface area contributed by atoms with Gasteiger partial charge in [0.2, 0.25) is 0 Å². The van der Waals surface area contributed by atoms with E-state index in [2.05, 4.69) is 15.6 Å². The molecule has 0 saturated carbocycles. The molecule has 1 rings (SSSR count). The number of aryl methyl sites for hydroxylation is 1.